The third kappa shape index (κ3) is 4.54. The summed E-state index contributed by atoms with van der Waals surface area (Å²) in [5.41, 5.74) is 0.451. The van der Waals surface area contributed by atoms with Gasteiger partial charge in [0.05, 0.1) is 10.7 Å². The summed E-state index contributed by atoms with van der Waals surface area (Å²) in [6, 6.07) is 11.8. The molecule has 2 aromatic carbocycles. The number of hydrogen-bond donors (Lipinski definition) is 1. The molecule has 116 valence electrons. The molecular formula is C16H14Cl3NO2. The van der Waals surface area contributed by atoms with Gasteiger partial charge in [-0.1, -0.05) is 47.8 Å². The van der Waals surface area contributed by atoms with Gasteiger partial charge in [-0.3, -0.25) is 4.79 Å². The summed E-state index contributed by atoms with van der Waals surface area (Å²) in [6.07, 6.45) is -0.162. The van der Waals surface area contributed by atoms with E-state index in [1.807, 2.05) is 6.92 Å². The zero-order chi connectivity index (χ0) is 16.1. The summed E-state index contributed by atoms with van der Waals surface area (Å²) in [6.45, 7) is 1.86. The van der Waals surface area contributed by atoms with Crippen LogP contribution in [-0.4, -0.2) is 12.0 Å². The van der Waals surface area contributed by atoms with Crippen LogP contribution in [0.4, 0.5) is 5.69 Å². The number of halogens is 3. The van der Waals surface area contributed by atoms with Crippen LogP contribution < -0.4 is 10.1 Å². The average Bonchev–Trinajstić information content (AvgIpc) is 2.48. The first-order chi connectivity index (χ1) is 10.5. The van der Waals surface area contributed by atoms with E-state index in [9.17, 15) is 4.79 Å². The second kappa shape index (κ2) is 7.73. The standard InChI is InChI=1S/C16H14Cl3NO2/c1-2-15(22-12-5-3-4-10(17)8-12)16(21)20-14-9-11(18)6-7-13(14)19/h3-9,15H,2H2,1H3,(H,20,21)/t15-/m0/s1. The van der Waals surface area contributed by atoms with E-state index in [4.69, 9.17) is 39.5 Å². The van der Waals surface area contributed by atoms with Gasteiger partial charge in [0.1, 0.15) is 5.75 Å². The molecule has 0 saturated carbocycles. The van der Waals surface area contributed by atoms with Crippen molar-refractivity contribution < 1.29 is 9.53 Å². The van der Waals surface area contributed by atoms with E-state index in [1.54, 1.807) is 42.5 Å². The van der Waals surface area contributed by atoms with Gasteiger partial charge >= 0.3 is 0 Å². The summed E-state index contributed by atoms with van der Waals surface area (Å²) < 4.78 is 5.68. The Morgan fingerprint density at radius 1 is 1.14 bits per heavy atom. The van der Waals surface area contributed by atoms with E-state index in [2.05, 4.69) is 5.32 Å². The van der Waals surface area contributed by atoms with Gasteiger partial charge < -0.3 is 10.1 Å². The number of carbonyl (C=O) groups excluding carboxylic acids is 1. The fourth-order valence-electron chi connectivity index (χ4n) is 1.83. The normalized spacial score (nSPS) is 11.8. The maximum absolute atomic E-state index is 12.3. The molecule has 0 fully saturated rings. The van der Waals surface area contributed by atoms with Crippen LogP contribution in [0.5, 0.6) is 5.75 Å². The molecule has 22 heavy (non-hydrogen) atoms. The quantitative estimate of drug-likeness (QED) is 0.772. The van der Waals surface area contributed by atoms with Crippen LogP contribution in [0.25, 0.3) is 0 Å². The van der Waals surface area contributed by atoms with E-state index in [0.717, 1.165) is 0 Å². The lowest BCUT2D eigenvalue weighted by Crippen LogP contribution is -2.32. The van der Waals surface area contributed by atoms with E-state index in [0.29, 0.717) is 32.9 Å². The lowest BCUT2D eigenvalue weighted by molar-refractivity contribution is -0.122. The van der Waals surface area contributed by atoms with E-state index in [-0.39, 0.29) is 5.91 Å². The molecule has 6 heteroatoms. The highest BCUT2D eigenvalue weighted by atomic mass is 35.5. The number of nitrogens with one attached hydrogen (secondary N) is 1. The number of ether oxygens (including phenoxy) is 1. The number of amides is 1. The number of anilines is 1. The lowest BCUT2D eigenvalue weighted by atomic mass is 10.2. The minimum Gasteiger partial charge on any atom is -0.481 e. The molecule has 0 unspecified atom stereocenters. The summed E-state index contributed by atoms with van der Waals surface area (Å²) >= 11 is 17.8. The first kappa shape index (κ1) is 16.9. The molecule has 0 aromatic heterocycles. The predicted octanol–water partition coefficient (Wildman–Crippen LogP) is 5.44. The molecule has 0 aliphatic rings. The van der Waals surface area contributed by atoms with Crippen LogP contribution in [0, 0.1) is 0 Å². The van der Waals surface area contributed by atoms with Crippen molar-refractivity contribution in [3.05, 3.63) is 57.5 Å². The maximum atomic E-state index is 12.3. The van der Waals surface area contributed by atoms with Gasteiger partial charge in [-0.2, -0.15) is 0 Å². The van der Waals surface area contributed by atoms with Gasteiger partial charge in [0.15, 0.2) is 6.10 Å². The molecule has 2 rings (SSSR count). The largest absolute Gasteiger partial charge is 0.481 e. The number of benzene rings is 2. The molecule has 1 atom stereocenters. The summed E-state index contributed by atoms with van der Waals surface area (Å²) in [5, 5.41) is 4.17. The molecule has 1 amide bonds. The predicted molar refractivity (Wildman–Crippen MR) is 91.3 cm³/mol. The Morgan fingerprint density at radius 2 is 1.86 bits per heavy atom. The lowest BCUT2D eigenvalue weighted by Gasteiger charge is -2.18. The molecule has 0 bridgehead atoms. The Kier molecular flexibility index (Phi) is 5.95. The molecule has 0 radical (unpaired) electrons. The van der Waals surface area contributed by atoms with E-state index >= 15 is 0 Å². The van der Waals surface area contributed by atoms with Crippen LogP contribution in [0.1, 0.15) is 13.3 Å². The van der Waals surface area contributed by atoms with Gasteiger partial charge in [-0.25, -0.2) is 0 Å². The molecule has 0 spiro atoms. The molecule has 1 N–H and O–H groups in total. The molecule has 0 aliphatic heterocycles. The minimum absolute atomic E-state index is 0.299. The van der Waals surface area contributed by atoms with E-state index < -0.39 is 6.10 Å². The Labute approximate surface area is 144 Å². The molecule has 2 aromatic rings. The summed E-state index contributed by atoms with van der Waals surface area (Å²) in [5.74, 6) is 0.235. The molecule has 0 heterocycles. The van der Waals surface area contributed by atoms with Gasteiger partial charge in [0.25, 0.3) is 5.91 Å². The molecular weight excluding hydrogens is 345 g/mol. The van der Waals surface area contributed by atoms with Gasteiger partial charge in [-0.15, -0.1) is 0 Å². The smallest absolute Gasteiger partial charge is 0.265 e. The highest BCUT2D eigenvalue weighted by Gasteiger charge is 2.19. The van der Waals surface area contributed by atoms with Crippen molar-refractivity contribution in [2.45, 2.75) is 19.4 Å². The molecule has 0 saturated heterocycles. The Balaban J connectivity index is 2.10. The zero-order valence-corrected chi connectivity index (χ0v) is 14.0. The number of rotatable bonds is 5. The first-order valence-corrected chi connectivity index (χ1v) is 7.81. The summed E-state index contributed by atoms with van der Waals surface area (Å²) in [4.78, 5) is 12.3. The highest BCUT2D eigenvalue weighted by molar-refractivity contribution is 6.35. The number of carbonyl (C=O) groups is 1. The third-order valence-electron chi connectivity index (χ3n) is 2.92. The second-order valence-electron chi connectivity index (χ2n) is 4.59. The monoisotopic (exact) mass is 357 g/mol. The Hall–Kier alpha value is -1.42. The van der Waals surface area contributed by atoms with Crippen LogP contribution >= 0.6 is 34.8 Å². The van der Waals surface area contributed by atoms with Crippen LogP contribution in [0.3, 0.4) is 0 Å². The van der Waals surface area contributed by atoms with Gasteiger partial charge in [0, 0.05) is 10.0 Å². The van der Waals surface area contributed by atoms with Crippen molar-refractivity contribution in [1.82, 2.24) is 0 Å². The van der Waals surface area contributed by atoms with Crippen LogP contribution in [0.2, 0.25) is 15.1 Å². The minimum atomic E-state index is -0.659. The van der Waals surface area contributed by atoms with Crippen LogP contribution in [0.15, 0.2) is 42.5 Å². The van der Waals surface area contributed by atoms with E-state index in [1.165, 1.54) is 0 Å². The first-order valence-electron chi connectivity index (χ1n) is 6.67. The Morgan fingerprint density at radius 3 is 2.55 bits per heavy atom. The van der Waals surface area contributed by atoms with Crippen molar-refractivity contribution >= 4 is 46.4 Å². The average molecular weight is 359 g/mol. The van der Waals surface area contributed by atoms with Crippen LogP contribution in [-0.2, 0) is 4.79 Å². The second-order valence-corrected chi connectivity index (χ2v) is 5.87. The van der Waals surface area contributed by atoms with Crippen molar-refractivity contribution in [1.29, 1.82) is 0 Å². The van der Waals surface area contributed by atoms with Crippen molar-refractivity contribution in [2.24, 2.45) is 0 Å². The fourth-order valence-corrected chi connectivity index (χ4v) is 2.35. The highest BCUT2D eigenvalue weighted by Crippen LogP contribution is 2.26. The van der Waals surface area contributed by atoms with Crippen molar-refractivity contribution in [3.8, 4) is 5.75 Å². The third-order valence-corrected chi connectivity index (χ3v) is 3.72. The van der Waals surface area contributed by atoms with Gasteiger partial charge in [-0.05, 0) is 42.8 Å². The maximum Gasteiger partial charge on any atom is 0.265 e. The van der Waals surface area contributed by atoms with Gasteiger partial charge in [0.2, 0.25) is 0 Å². The Bertz CT molecular complexity index is 676. The zero-order valence-electron chi connectivity index (χ0n) is 11.8. The number of hydrogen-bond acceptors (Lipinski definition) is 2. The molecule has 0 aliphatic carbocycles. The summed E-state index contributed by atoms with van der Waals surface area (Å²) in [7, 11) is 0. The SMILES string of the molecule is CC[C@H](Oc1cccc(Cl)c1)C(=O)Nc1cc(Cl)ccc1Cl. The topological polar surface area (TPSA) is 38.3 Å². The fraction of sp³-hybridized carbons (Fsp3) is 0.188. The van der Waals surface area contributed by atoms with Crippen molar-refractivity contribution in [3.63, 3.8) is 0 Å². The van der Waals surface area contributed by atoms with Crippen molar-refractivity contribution in [2.75, 3.05) is 5.32 Å². The molecule has 3 nitrogen and oxygen atoms in total.